The third-order valence-corrected chi connectivity index (χ3v) is 8.43. The van der Waals surface area contributed by atoms with Crippen LogP contribution in [0.25, 0.3) is 0 Å². The minimum Gasteiger partial charge on any atom is -0.354 e. The summed E-state index contributed by atoms with van der Waals surface area (Å²) >= 11 is 12.3. The highest BCUT2D eigenvalue weighted by molar-refractivity contribution is 7.92. The Labute approximate surface area is 234 Å². The summed E-state index contributed by atoms with van der Waals surface area (Å²) in [5, 5.41) is 3.69. The predicted molar refractivity (Wildman–Crippen MR) is 152 cm³/mol. The Morgan fingerprint density at radius 3 is 2.18 bits per heavy atom. The number of carbonyl (C=O) groups is 2. The summed E-state index contributed by atoms with van der Waals surface area (Å²) in [5.41, 5.74) is 0.955. The smallest absolute Gasteiger partial charge is 0.264 e. The van der Waals surface area contributed by atoms with Gasteiger partial charge in [0.25, 0.3) is 10.0 Å². The average molecular weight is 577 g/mol. The van der Waals surface area contributed by atoms with Gasteiger partial charge in [0.2, 0.25) is 11.8 Å². The average Bonchev–Trinajstić information content (AvgIpc) is 2.91. The molecule has 0 aliphatic rings. The lowest BCUT2D eigenvalue weighted by atomic mass is 10.1. The highest BCUT2D eigenvalue weighted by atomic mass is 35.5. The Balaban J connectivity index is 1.98. The van der Waals surface area contributed by atoms with E-state index in [1.807, 2.05) is 6.92 Å². The number of nitrogens with zero attached hydrogens (tertiary/aromatic N) is 2. The summed E-state index contributed by atoms with van der Waals surface area (Å²) in [4.78, 5) is 28.1. The van der Waals surface area contributed by atoms with E-state index in [1.165, 1.54) is 29.2 Å². The molecule has 7 nitrogen and oxygen atoms in total. The van der Waals surface area contributed by atoms with E-state index >= 15 is 0 Å². The largest absolute Gasteiger partial charge is 0.354 e. The van der Waals surface area contributed by atoms with Gasteiger partial charge in [0.05, 0.1) is 10.6 Å². The Morgan fingerprint density at radius 1 is 0.921 bits per heavy atom. The molecule has 0 spiro atoms. The molecule has 10 heteroatoms. The number of sulfonamides is 1. The first-order valence-corrected chi connectivity index (χ1v) is 14.5. The minimum absolute atomic E-state index is 0.0124. The van der Waals surface area contributed by atoms with Crippen molar-refractivity contribution in [3.05, 3.63) is 94.5 Å². The number of hydrogen-bond donors (Lipinski definition) is 1. The van der Waals surface area contributed by atoms with Crippen LogP contribution < -0.4 is 9.62 Å². The molecule has 0 aliphatic carbocycles. The lowest BCUT2D eigenvalue weighted by Crippen LogP contribution is -2.51. The molecule has 3 rings (SSSR count). The molecular formula is C28H31Cl2N3O4S. The molecule has 0 bridgehead atoms. The van der Waals surface area contributed by atoms with Gasteiger partial charge < -0.3 is 10.2 Å². The first-order valence-electron chi connectivity index (χ1n) is 12.3. The zero-order valence-electron chi connectivity index (χ0n) is 21.3. The highest BCUT2D eigenvalue weighted by Gasteiger charge is 2.32. The summed E-state index contributed by atoms with van der Waals surface area (Å²) in [7, 11) is -4.14. The molecule has 0 saturated heterocycles. The normalized spacial score (nSPS) is 12.0. The molecule has 202 valence electrons. The number of unbranched alkanes of at least 4 members (excludes halogenated alkanes) is 1. The zero-order valence-corrected chi connectivity index (χ0v) is 23.6. The molecule has 0 unspecified atom stereocenters. The van der Waals surface area contributed by atoms with Gasteiger partial charge in [0.15, 0.2) is 0 Å². The molecule has 38 heavy (non-hydrogen) atoms. The number of rotatable bonds is 12. The van der Waals surface area contributed by atoms with Gasteiger partial charge in [-0.05, 0) is 61.4 Å². The fraction of sp³-hybridized carbons (Fsp3) is 0.286. The topological polar surface area (TPSA) is 86.8 Å². The van der Waals surface area contributed by atoms with Crippen molar-refractivity contribution < 1.29 is 18.0 Å². The van der Waals surface area contributed by atoms with E-state index < -0.39 is 28.5 Å². The van der Waals surface area contributed by atoms with Gasteiger partial charge in [-0.25, -0.2) is 8.42 Å². The minimum atomic E-state index is -4.14. The SMILES string of the molecule is CCCCNC(=O)[C@@H](C)N(Cc1ccccc1Cl)C(=O)CN(c1ccccc1)S(=O)(=O)c1ccc(Cl)cc1. The maximum absolute atomic E-state index is 13.8. The maximum atomic E-state index is 13.8. The van der Waals surface area contributed by atoms with E-state index in [0.717, 1.165) is 17.1 Å². The van der Waals surface area contributed by atoms with Gasteiger partial charge in [-0.1, -0.05) is 72.9 Å². The van der Waals surface area contributed by atoms with Crippen LogP contribution in [-0.4, -0.2) is 44.3 Å². The van der Waals surface area contributed by atoms with E-state index in [1.54, 1.807) is 61.5 Å². The molecule has 0 fully saturated rings. The van der Waals surface area contributed by atoms with E-state index in [2.05, 4.69) is 5.32 Å². The second-order valence-corrected chi connectivity index (χ2v) is 11.4. The number of carbonyl (C=O) groups excluding carboxylic acids is 2. The third-order valence-electron chi connectivity index (χ3n) is 6.02. The molecule has 0 aliphatic heterocycles. The summed E-state index contributed by atoms with van der Waals surface area (Å²) < 4.78 is 28.5. The number of nitrogens with one attached hydrogen (secondary N) is 1. The first kappa shape index (κ1) is 29.5. The molecule has 0 radical (unpaired) electrons. The van der Waals surface area contributed by atoms with Crippen molar-refractivity contribution in [2.45, 2.75) is 44.2 Å². The van der Waals surface area contributed by atoms with E-state index in [9.17, 15) is 18.0 Å². The summed E-state index contributed by atoms with van der Waals surface area (Å²) in [6.45, 7) is 3.63. The molecule has 0 heterocycles. The van der Waals surface area contributed by atoms with Crippen LogP contribution >= 0.6 is 23.2 Å². The van der Waals surface area contributed by atoms with Crippen LogP contribution in [0, 0.1) is 0 Å². The van der Waals surface area contributed by atoms with Crippen molar-refractivity contribution in [1.29, 1.82) is 0 Å². The monoisotopic (exact) mass is 575 g/mol. The van der Waals surface area contributed by atoms with Crippen LogP contribution in [0.1, 0.15) is 32.3 Å². The Morgan fingerprint density at radius 2 is 1.55 bits per heavy atom. The van der Waals surface area contributed by atoms with Gasteiger partial charge in [-0.15, -0.1) is 0 Å². The second kappa shape index (κ2) is 13.6. The van der Waals surface area contributed by atoms with Crippen LogP contribution in [0.4, 0.5) is 5.69 Å². The zero-order chi connectivity index (χ0) is 27.7. The molecular weight excluding hydrogens is 545 g/mol. The van der Waals surface area contributed by atoms with Crippen LogP contribution in [0.3, 0.4) is 0 Å². The number of amides is 2. The number of anilines is 1. The molecule has 0 aromatic heterocycles. The number of benzene rings is 3. The second-order valence-electron chi connectivity index (χ2n) is 8.73. The maximum Gasteiger partial charge on any atom is 0.264 e. The number of hydrogen-bond acceptors (Lipinski definition) is 4. The van der Waals surface area contributed by atoms with Gasteiger partial charge in [0, 0.05) is 23.1 Å². The molecule has 0 saturated carbocycles. The Kier molecular flexibility index (Phi) is 10.6. The van der Waals surface area contributed by atoms with Gasteiger partial charge >= 0.3 is 0 Å². The summed E-state index contributed by atoms with van der Waals surface area (Å²) in [6, 6.07) is 20.3. The lowest BCUT2D eigenvalue weighted by Gasteiger charge is -2.32. The van der Waals surface area contributed by atoms with Crippen LogP contribution in [0.2, 0.25) is 10.0 Å². The van der Waals surface area contributed by atoms with Crippen molar-refractivity contribution in [2.75, 3.05) is 17.4 Å². The van der Waals surface area contributed by atoms with Crippen molar-refractivity contribution in [2.24, 2.45) is 0 Å². The van der Waals surface area contributed by atoms with Crippen molar-refractivity contribution in [3.63, 3.8) is 0 Å². The van der Waals surface area contributed by atoms with E-state index in [4.69, 9.17) is 23.2 Å². The predicted octanol–water partition coefficient (Wildman–Crippen LogP) is 5.52. The molecule has 2 amide bonds. The van der Waals surface area contributed by atoms with Gasteiger partial charge in [-0.3, -0.25) is 13.9 Å². The standard InChI is InChI=1S/C28H31Cl2N3O4S/c1-3-4-18-31-28(35)21(2)32(19-22-10-8-9-13-26(22)30)27(34)20-33(24-11-6-5-7-12-24)38(36,37)25-16-14-23(29)15-17-25/h5-17,21H,3-4,18-20H2,1-2H3,(H,31,35)/t21-/m1/s1. The van der Waals surface area contributed by atoms with Crippen molar-refractivity contribution in [1.82, 2.24) is 10.2 Å². The molecule has 1 N–H and O–H groups in total. The fourth-order valence-electron chi connectivity index (χ4n) is 3.79. The third kappa shape index (κ3) is 7.49. The van der Waals surface area contributed by atoms with E-state index in [-0.39, 0.29) is 17.3 Å². The lowest BCUT2D eigenvalue weighted by molar-refractivity contribution is -0.139. The quantitative estimate of drug-likeness (QED) is 0.288. The molecule has 1 atom stereocenters. The number of para-hydroxylation sites is 1. The van der Waals surface area contributed by atoms with Gasteiger partial charge in [0.1, 0.15) is 12.6 Å². The van der Waals surface area contributed by atoms with Crippen LogP contribution in [0.5, 0.6) is 0 Å². The molecule has 3 aromatic rings. The highest BCUT2D eigenvalue weighted by Crippen LogP contribution is 2.26. The fourth-order valence-corrected chi connectivity index (χ4v) is 5.52. The Bertz CT molecular complexity index is 1340. The number of halogens is 2. The first-order chi connectivity index (χ1) is 18.1. The van der Waals surface area contributed by atoms with Gasteiger partial charge in [-0.2, -0.15) is 0 Å². The van der Waals surface area contributed by atoms with E-state index in [0.29, 0.717) is 27.8 Å². The van der Waals surface area contributed by atoms with Crippen molar-refractivity contribution >= 4 is 50.7 Å². The summed E-state index contributed by atoms with van der Waals surface area (Å²) in [5.74, 6) is -0.880. The summed E-state index contributed by atoms with van der Waals surface area (Å²) in [6.07, 6.45) is 1.71. The van der Waals surface area contributed by atoms with Crippen molar-refractivity contribution in [3.8, 4) is 0 Å². The van der Waals surface area contributed by atoms with Crippen LogP contribution in [-0.2, 0) is 26.2 Å². The molecule has 3 aromatic carbocycles. The van der Waals surface area contributed by atoms with Crippen LogP contribution in [0.15, 0.2) is 83.8 Å². The Hall–Kier alpha value is -3.07.